The van der Waals surface area contributed by atoms with E-state index < -0.39 is 20.4 Å². The van der Waals surface area contributed by atoms with Crippen LogP contribution in [0.1, 0.15) is 11.6 Å². The summed E-state index contributed by atoms with van der Waals surface area (Å²) in [5.41, 5.74) is 0.827. The van der Waals surface area contributed by atoms with Gasteiger partial charge in [0.05, 0.1) is 11.0 Å². The average molecular weight is 363 g/mol. The summed E-state index contributed by atoms with van der Waals surface area (Å²) in [6.45, 7) is 0.394. The Hall–Kier alpha value is -2.45. The number of hydrogen-bond acceptors (Lipinski definition) is 6. The third-order valence-corrected chi connectivity index (χ3v) is 5.00. The number of rotatable bonds is 7. The van der Waals surface area contributed by atoms with Crippen LogP contribution in [0.4, 0.5) is 11.4 Å². The van der Waals surface area contributed by atoms with Gasteiger partial charge in [0, 0.05) is 12.8 Å². The quantitative estimate of drug-likeness (QED) is 0.601. The molecule has 7 nitrogen and oxygen atoms in total. The minimum atomic E-state index is -3.70. The molecule has 1 unspecified atom stereocenters. The number of para-hydroxylation sites is 1. The number of sulfone groups is 1. The van der Waals surface area contributed by atoms with Gasteiger partial charge >= 0.3 is 5.69 Å². The first-order valence-electron chi connectivity index (χ1n) is 7.64. The smallest absolute Gasteiger partial charge is 0.310 e. The van der Waals surface area contributed by atoms with Crippen LogP contribution in [0, 0.1) is 10.1 Å². The second-order valence-electron chi connectivity index (χ2n) is 5.95. The summed E-state index contributed by atoms with van der Waals surface area (Å²) in [5, 5.41) is 14.5. The summed E-state index contributed by atoms with van der Waals surface area (Å²) in [6, 6.07) is 14.0. The summed E-state index contributed by atoms with van der Waals surface area (Å²) in [4.78, 5) is 12.5. The molecule has 0 amide bonds. The SMILES string of the molecule is CN(C)C(CNc1cccc(S(C)(=O)=O)c1[N+](=O)[O-])c1ccccc1. The monoisotopic (exact) mass is 363 g/mol. The molecule has 0 aliphatic carbocycles. The highest BCUT2D eigenvalue weighted by Gasteiger charge is 2.26. The molecule has 0 fully saturated rings. The van der Waals surface area contributed by atoms with Gasteiger partial charge in [0.2, 0.25) is 0 Å². The predicted octanol–water partition coefficient (Wildman–Crippen LogP) is 2.71. The minimum Gasteiger partial charge on any atom is -0.378 e. The second-order valence-corrected chi connectivity index (χ2v) is 7.94. The highest BCUT2D eigenvalue weighted by atomic mass is 32.2. The highest BCUT2D eigenvalue weighted by molar-refractivity contribution is 7.90. The maximum atomic E-state index is 11.8. The van der Waals surface area contributed by atoms with Crippen LogP contribution in [-0.4, -0.2) is 45.1 Å². The van der Waals surface area contributed by atoms with Gasteiger partial charge in [-0.05, 0) is 31.8 Å². The lowest BCUT2D eigenvalue weighted by atomic mass is 10.1. The van der Waals surface area contributed by atoms with E-state index in [9.17, 15) is 18.5 Å². The van der Waals surface area contributed by atoms with Crippen LogP contribution in [0.3, 0.4) is 0 Å². The molecule has 134 valence electrons. The molecule has 0 aliphatic heterocycles. The standard InChI is InChI=1S/C17H21N3O4S/c1-19(2)15(13-8-5-4-6-9-13)12-18-14-10-7-11-16(25(3,23)24)17(14)20(21)22/h4-11,15,18H,12H2,1-3H3. The van der Waals surface area contributed by atoms with Gasteiger partial charge in [-0.15, -0.1) is 0 Å². The number of anilines is 1. The largest absolute Gasteiger partial charge is 0.378 e. The Balaban J connectivity index is 2.35. The fourth-order valence-electron chi connectivity index (χ4n) is 2.63. The van der Waals surface area contributed by atoms with E-state index in [1.54, 1.807) is 0 Å². The molecule has 25 heavy (non-hydrogen) atoms. The van der Waals surface area contributed by atoms with Gasteiger partial charge in [-0.2, -0.15) is 0 Å². The lowest BCUT2D eigenvalue weighted by Crippen LogP contribution is -2.27. The lowest BCUT2D eigenvalue weighted by Gasteiger charge is -2.25. The molecule has 0 spiro atoms. The zero-order valence-corrected chi connectivity index (χ0v) is 15.2. The van der Waals surface area contributed by atoms with Gasteiger partial charge in [0.15, 0.2) is 9.84 Å². The van der Waals surface area contributed by atoms with Gasteiger partial charge in [-0.25, -0.2) is 8.42 Å². The third-order valence-electron chi connectivity index (χ3n) is 3.87. The van der Waals surface area contributed by atoms with Crippen molar-refractivity contribution >= 4 is 21.2 Å². The molecule has 2 rings (SSSR count). The van der Waals surface area contributed by atoms with Crippen LogP contribution in [-0.2, 0) is 9.84 Å². The first-order valence-corrected chi connectivity index (χ1v) is 9.53. The summed E-state index contributed by atoms with van der Waals surface area (Å²) < 4.78 is 23.7. The topological polar surface area (TPSA) is 92.6 Å². The van der Waals surface area contributed by atoms with Crippen LogP contribution < -0.4 is 5.32 Å². The normalized spacial score (nSPS) is 12.8. The van der Waals surface area contributed by atoms with Crippen molar-refractivity contribution in [2.24, 2.45) is 0 Å². The summed E-state index contributed by atoms with van der Waals surface area (Å²) >= 11 is 0. The maximum absolute atomic E-state index is 11.8. The van der Waals surface area contributed by atoms with Crippen molar-refractivity contribution in [3.63, 3.8) is 0 Å². The van der Waals surface area contributed by atoms with Crippen LogP contribution >= 0.6 is 0 Å². The number of nitrogens with zero attached hydrogens (tertiary/aromatic N) is 2. The van der Waals surface area contributed by atoms with Gasteiger partial charge in [0.1, 0.15) is 10.6 Å². The molecule has 8 heteroatoms. The Morgan fingerprint density at radius 1 is 1.12 bits per heavy atom. The van der Waals surface area contributed by atoms with E-state index in [1.807, 2.05) is 49.3 Å². The number of benzene rings is 2. The molecular formula is C17H21N3O4S. The van der Waals surface area contributed by atoms with E-state index in [2.05, 4.69) is 5.32 Å². The predicted molar refractivity (Wildman–Crippen MR) is 97.6 cm³/mol. The Kier molecular flexibility index (Phi) is 5.76. The van der Waals surface area contributed by atoms with E-state index in [0.717, 1.165) is 11.8 Å². The van der Waals surface area contributed by atoms with Gasteiger partial charge in [0.25, 0.3) is 0 Å². The highest BCUT2D eigenvalue weighted by Crippen LogP contribution is 2.32. The van der Waals surface area contributed by atoms with Gasteiger partial charge in [-0.1, -0.05) is 36.4 Å². The lowest BCUT2D eigenvalue weighted by molar-refractivity contribution is -0.386. The Morgan fingerprint density at radius 3 is 2.28 bits per heavy atom. The first kappa shape index (κ1) is 18.9. The molecule has 2 aromatic rings. The molecule has 0 bridgehead atoms. The molecule has 0 aliphatic rings. The minimum absolute atomic E-state index is 0.0253. The summed E-state index contributed by atoms with van der Waals surface area (Å²) in [5.74, 6) is 0. The van der Waals surface area contributed by atoms with E-state index >= 15 is 0 Å². The molecule has 1 atom stereocenters. The zero-order chi connectivity index (χ0) is 18.6. The molecule has 0 radical (unpaired) electrons. The van der Waals surface area contributed by atoms with Crippen LogP contribution in [0.25, 0.3) is 0 Å². The number of nitrogens with one attached hydrogen (secondary N) is 1. The van der Waals surface area contributed by atoms with E-state index in [1.165, 1.54) is 18.2 Å². The fourth-order valence-corrected chi connectivity index (χ4v) is 3.49. The van der Waals surface area contributed by atoms with Crippen LogP contribution in [0.2, 0.25) is 0 Å². The van der Waals surface area contributed by atoms with Crippen LogP contribution in [0.15, 0.2) is 53.4 Å². The van der Waals surface area contributed by atoms with E-state index in [4.69, 9.17) is 0 Å². The molecule has 0 saturated carbocycles. The van der Waals surface area contributed by atoms with Crippen molar-refractivity contribution in [1.29, 1.82) is 0 Å². The van der Waals surface area contributed by atoms with Crippen molar-refractivity contribution in [2.45, 2.75) is 10.9 Å². The van der Waals surface area contributed by atoms with Crippen molar-refractivity contribution in [3.8, 4) is 0 Å². The third kappa shape index (κ3) is 4.55. The number of nitro groups is 1. The van der Waals surface area contributed by atoms with E-state index in [-0.39, 0.29) is 16.6 Å². The molecular weight excluding hydrogens is 342 g/mol. The molecule has 0 saturated heterocycles. The Morgan fingerprint density at radius 2 is 1.76 bits per heavy atom. The molecule has 0 aromatic heterocycles. The second kappa shape index (κ2) is 7.62. The van der Waals surface area contributed by atoms with Gasteiger partial charge < -0.3 is 10.2 Å². The summed E-state index contributed by atoms with van der Waals surface area (Å²) in [6.07, 6.45) is 0.964. The maximum Gasteiger partial charge on any atom is 0.310 e. The summed E-state index contributed by atoms with van der Waals surface area (Å²) in [7, 11) is 0.135. The molecule has 2 aromatic carbocycles. The average Bonchev–Trinajstić information content (AvgIpc) is 2.54. The molecule has 1 N–H and O–H groups in total. The van der Waals surface area contributed by atoms with Crippen molar-refractivity contribution < 1.29 is 13.3 Å². The first-order chi connectivity index (χ1) is 11.7. The molecule has 0 heterocycles. The number of hydrogen-bond donors (Lipinski definition) is 1. The number of nitro benzene ring substituents is 1. The van der Waals surface area contributed by atoms with Gasteiger partial charge in [-0.3, -0.25) is 10.1 Å². The van der Waals surface area contributed by atoms with Crippen molar-refractivity contribution in [3.05, 3.63) is 64.2 Å². The Bertz CT molecular complexity index is 851. The number of likely N-dealkylation sites (N-methyl/N-ethyl adjacent to an activating group) is 1. The van der Waals surface area contributed by atoms with Crippen molar-refractivity contribution in [1.82, 2.24) is 4.90 Å². The fraction of sp³-hybridized carbons (Fsp3) is 0.294. The van der Waals surface area contributed by atoms with Crippen molar-refractivity contribution in [2.75, 3.05) is 32.2 Å². The Labute approximate surface area is 147 Å². The van der Waals surface area contributed by atoms with Crippen LogP contribution in [0.5, 0.6) is 0 Å². The zero-order valence-electron chi connectivity index (χ0n) is 14.3. The van der Waals surface area contributed by atoms with E-state index in [0.29, 0.717) is 6.54 Å².